The van der Waals surface area contributed by atoms with Crippen LogP contribution in [-0.2, 0) is 14.3 Å². The Balaban J connectivity index is 1.70. The summed E-state index contributed by atoms with van der Waals surface area (Å²) in [4.78, 5) is 27.1. The zero-order chi connectivity index (χ0) is 19.7. The molecule has 0 fully saturated rings. The molecule has 1 amide bonds. The van der Waals surface area contributed by atoms with Crippen molar-refractivity contribution >= 4 is 17.6 Å². The number of carbonyl (C=O) groups excluding carboxylic acids is 2. The van der Waals surface area contributed by atoms with Crippen LogP contribution in [0.3, 0.4) is 0 Å². The second-order valence-electron chi connectivity index (χ2n) is 6.93. The number of hydrogen-bond donors (Lipinski definition) is 0. The molecule has 0 spiro atoms. The quantitative estimate of drug-likeness (QED) is 0.588. The first-order chi connectivity index (χ1) is 13.6. The van der Waals surface area contributed by atoms with Crippen LogP contribution in [0.2, 0.25) is 0 Å². The fraction of sp³-hybridized carbons (Fsp3) is 0.217. The Labute approximate surface area is 163 Å². The molecule has 0 saturated carbocycles. The molecule has 0 radical (unpaired) electrons. The van der Waals surface area contributed by atoms with Crippen molar-refractivity contribution < 1.29 is 19.1 Å². The summed E-state index contributed by atoms with van der Waals surface area (Å²) < 4.78 is 10.8. The monoisotopic (exact) mass is 375 g/mol. The second kappa shape index (κ2) is 7.35. The van der Waals surface area contributed by atoms with E-state index in [-0.39, 0.29) is 30.8 Å². The van der Waals surface area contributed by atoms with Crippen LogP contribution in [0.15, 0.2) is 72.5 Å². The zero-order valence-electron chi connectivity index (χ0n) is 15.7. The molecule has 0 aliphatic carbocycles. The number of nitrogens with zero attached hydrogens (tertiary/aromatic N) is 1. The van der Waals surface area contributed by atoms with Gasteiger partial charge in [-0.05, 0) is 36.8 Å². The van der Waals surface area contributed by atoms with Crippen LogP contribution in [0, 0.1) is 6.92 Å². The predicted octanol–water partition coefficient (Wildman–Crippen LogP) is 3.89. The number of carbonyl (C=O) groups is 2. The van der Waals surface area contributed by atoms with Gasteiger partial charge in [0.1, 0.15) is 19.0 Å². The summed E-state index contributed by atoms with van der Waals surface area (Å²) in [6, 6.07) is 15.2. The molecule has 0 N–H and O–H groups in total. The molecule has 2 heterocycles. The summed E-state index contributed by atoms with van der Waals surface area (Å²) in [7, 11) is 0. The maximum atomic E-state index is 13.0. The number of aryl methyl sites for hydroxylation is 1. The first kappa shape index (κ1) is 18.0. The maximum absolute atomic E-state index is 13.0. The van der Waals surface area contributed by atoms with E-state index in [0.29, 0.717) is 17.9 Å². The van der Waals surface area contributed by atoms with Gasteiger partial charge in [-0.15, -0.1) is 0 Å². The highest BCUT2D eigenvalue weighted by Crippen LogP contribution is 2.42. The van der Waals surface area contributed by atoms with E-state index in [0.717, 1.165) is 22.6 Å². The average molecular weight is 375 g/mol. The van der Waals surface area contributed by atoms with Gasteiger partial charge in [0.2, 0.25) is 5.91 Å². The maximum Gasteiger partial charge on any atom is 0.336 e. The number of ether oxygens (including phenoxy) is 2. The minimum Gasteiger partial charge on any atom is -0.490 e. The molecule has 28 heavy (non-hydrogen) atoms. The van der Waals surface area contributed by atoms with E-state index in [1.54, 1.807) is 11.0 Å². The lowest BCUT2D eigenvalue weighted by molar-refractivity contribution is -0.136. The van der Waals surface area contributed by atoms with Crippen LogP contribution >= 0.6 is 0 Å². The van der Waals surface area contributed by atoms with Crippen molar-refractivity contribution in [2.75, 3.05) is 18.1 Å². The molecule has 2 aliphatic heterocycles. The molecule has 0 unspecified atom stereocenters. The lowest BCUT2D eigenvalue weighted by Gasteiger charge is -2.32. The van der Waals surface area contributed by atoms with E-state index in [2.05, 4.69) is 6.58 Å². The normalized spacial score (nSPS) is 18.8. The van der Waals surface area contributed by atoms with E-state index < -0.39 is 0 Å². The molecule has 5 nitrogen and oxygen atoms in total. The van der Waals surface area contributed by atoms with Gasteiger partial charge in [0, 0.05) is 18.0 Å². The van der Waals surface area contributed by atoms with E-state index >= 15 is 0 Å². The lowest BCUT2D eigenvalue weighted by Crippen LogP contribution is -2.37. The van der Waals surface area contributed by atoms with Gasteiger partial charge in [-0.1, -0.05) is 42.5 Å². The SMILES string of the molecule is C=CCOc1ccc([C@H]2CC(=O)N(c3ccc(C)cc3)C3=C2C(=O)OC3)cc1. The topological polar surface area (TPSA) is 55.8 Å². The molecule has 2 aromatic carbocycles. The minimum absolute atomic E-state index is 0.0436. The third-order valence-corrected chi connectivity index (χ3v) is 5.06. The van der Waals surface area contributed by atoms with Gasteiger partial charge in [0.15, 0.2) is 0 Å². The number of amides is 1. The molecule has 0 saturated heterocycles. The predicted molar refractivity (Wildman–Crippen MR) is 106 cm³/mol. The van der Waals surface area contributed by atoms with Gasteiger partial charge in [0.25, 0.3) is 0 Å². The van der Waals surface area contributed by atoms with Crippen LogP contribution in [0.4, 0.5) is 5.69 Å². The molecule has 2 aromatic rings. The number of hydrogen-bond acceptors (Lipinski definition) is 4. The van der Waals surface area contributed by atoms with Gasteiger partial charge < -0.3 is 9.47 Å². The van der Waals surface area contributed by atoms with Crippen molar-refractivity contribution in [1.82, 2.24) is 0 Å². The Morgan fingerprint density at radius 1 is 1.14 bits per heavy atom. The van der Waals surface area contributed by atoms with Crippen LogP contribution in [0.1, 0.15) is 23.5 Å². The third-order valence-electron chi connectivity index (χ3n) is 5.06. The minimum atomic E-state index is -0.350. The van der Waals surface area contributed by atoms with E-state index in [1.807, 2.05) is 55.5 Å². The van der Waals surface area contributed by atoms with Crippen LogP contribution in [0.25, 0.3) is 0 Å². The van der Waals surface area contributed by atoms with Gasteiger partial charge in [-0.2, -0.15) is 0 Å². The van der Waals surface area contributed by atoms with Crippen molar-refractivity contribution in [3.63, 3.8) is 0 Å². The number of anilines is 1. The summed E-state index contributed by atoms with van der Waals surface area (Å²) >= 11 is 0. The van der Waals surface area contributed by atoms with Crippen molar-refractivity contribution in [1.29, 1.82) is 0 Å². The van der Waals surface area contributed by atoms with Gasteiger partial charge >= 0.3 is 5.97 Å². The summed E-state index contributed by atoms with van der Waals surface area (Å²) in [6.07, 6.45) is 1.90. The van der Waals surface area contributed by atoms with Crippen molar-refractivity contribution in [3.05, 3.63) is 83.6 Å². The highest BCUT2D eigenvalue weighted by atomic mass is 16.5. The summed E-state index contributed by atoms with van der Waals surface area (Å²) in [6.45, 7) is 6.17. The lowest BCUT2D eigenvalue weighted by atomic mass is 9.84. The highest BCUT2D eigenvalue weighted by molar-refractivity contribution is 6.06. The number of benzene rings is 2. The Morgan fingerprint density at radius 3 is 2.54 bits per heavy atom. The van der Waals surface area contributed by atoms with Crippen molar-refractivity contribution in [2.24, 2.45) is 0 Å². The molecule has 5 heteroatoms. The van der Waals surface area contributed by atoms with Crippen LogP contribution in [0.5, 0.6) is 5.75 Å². The van der Waals surface area contributed by atoms with Crippen molar-refractivity contribution in [3.8, 4) is 5.75 Å². The summed E-state index contributed by atoms with van der Waals surface area (Å²) in [5.74, 6) is 0.0115. The molecule has 0 aromatic heterocycles. The second-order valence-corrected chi connectivity index (χ2v) is 6.93. The number of rotatable bonds is 5. The summed E-state index contributed by atoms with van der Waals surface area (Å²) in [5.41, 5.74) is 3.97. The first-order valence-electron chi connectivity index (χ1n) is 9.22. The molecule has 142 valence electrons. The fourth-order valence-corrected chi connectivity index (χ4v) is 3.68. The third kappa shape index (κ3) is 3.20. The molecule has 4 rings (SSSR count). The molecule has 1 atom stereocenters. The fourth-order valence-electron chi connectivity index (χ4n) is 3.68. The largest absolute Gasteiger partial charge is 0.490 e. The van der Waals surface area contributed by atoms with E-state index in [1.165, 1.54) is 0 Å². The Kier molecular flexibility index (Phi) is 4.74. The molecule has 2 aliphatic rings. The van der Waals surface area contributed by atoms with Gasteiger partial charge in [0.05, 0.1) is 11.3 Å². The first-order valence-corrected chi connectivity index (χ1v) is 9.22. The standard InChI is InChI=1S/C23H21NO4/c1-3-12-27-18-10-6-16(7-11-18)19-13-21(25)24(17-8-4-15(2)5-9-17)20-14-28-23(26)22(19)20/h3-11,19H,1,12-14H2,2H3/t19-/m1/s1. The van der Waals surface area contributed by atoms with Crippen LogP contribution < -0.4 is 9.64 Å². The number of cyclic esters (lactones) is 1. The molecular weight excluding hydrogens is 354 g/mol. The van der Waals surface area contributed by atoms with Crippen molar-refractivity contribution in [2.45, 2.75) is 19.3 Å². The average Bonchev–Trinajstić information content (AvgIpc) is 3.09. The van der Waals surface area contributed by atoms with E-state index in [9.17, 15) is 9.59 Å². The Bertz CT molecular complexity index is 957. The number of esters is 1. The van der Waals surface area contributed by atoms with Crippen LogP contribution in [-0.4, -0.2) is 25.1 Å². The Morgan fingerprint density at radius 2 is 1.86 bits per heavy atom. The van der Waals surface area contributed by atoms with Gasteiger partial charge in [-0.25, -0.2) is 4.79 Å². The van der Waals surface area contributed by atoms with Gasteiger partial charge in [-0.3, -0.25) is 9.69 Å². The van der Waals surface area contributed by atoms with E-state index in [4.69, 9.17) is 9.47 Å². The smallest absolute Gasteiger partial charge is 0.336 e. The summed E-state index contributed by atoms with van der Waals surface area (Å²) in [5, 5.41) is 0. The highest BCUT2D eigenvalue weighted by Gasteiger charge is 2.42. The molecule has 0 bridgehead atoms. The Hall–Kier alpha value is -3.34. The zero-order valence-corrected chi connectivity index (χ0v) is 15.7. The molecular formula is C23H21NO4.